The van der Waals surface area contributed by atoms with Crippen LogP contribution in [0.2, 0.25) is 0 Å². The number of hydrogen-bond donors (Lipinski definition) is 5. The van der Waals surface area contributed by atoms with Crippen LogP contribution in [0.25, 0.3) is 27.3 Å². The van der Waals surface area contributed by atoms with E-state index in [2.05, 4.69) is 46.6 Å². The standard InChI is InChI=1S/C29H33N3O7S/c1-38-25(28(36)27(35)24(34)17-33)16-31-29(37)21(15-30)14-23-6-7-26(40-23)20-3-2-19-13-22(5-4-18(19)12-20)32-8-10-39-11-9-32/h2-7,12-14,24-25,27-28,33-36H,8-11,16-17H2,1H3,(H,31,37)/b21-14+/t24-,25+,27+,28+/m0/s1. The summed E-state index contributed by atoms with van der Waals surface area (Å²) in [6.07, 6.45) is -4.41. The number of aliphatic hydroxyl groups excluding tert-OH is 4. The maximum Gasteiger partial charge on any atom is 0.262 e. The largest absolute Gasteiger partial charge is 0.394 e. The summed E-state index contributed by atoms with van der Waals surface area (Å²) in [5.41, 5.74) is 2.07. The van der Waals surface area contributed by atoms with Crippen molar-refractivity contribution in [3.63, 3.8) is 0 Å². The monoisotopic (exact) mass is 567 g/mol. The van der Waals surface area contributed by atoms with Gasteiger partial charge in [-0.1, -0.05) is 18.2 Å². The fraction of sp³-hybridized carbons (Fsp3) is 0.379. The molecule has 1 aliphatic rings. The van der Waals surface area contributed by atoms with Crippen molar-refractivity contribution in [2.75, 3.05) is 51.5 Å². The van der Waals surface area contributed by atoms with Gasteiger partial charge in [0.05, 0.1) is 19.8 Å². The summed E-state index contributed by atoms with van der Waals surface area (Å²) in [6, 6.07) is 18.4. The average molecular weight is 568 g/mol. The zero-order chi connectivity index (χ0) is 28.6. The second-order valence-electron chi connectivity index (χ2n) is 9.43. The molecule has 1 aliphatic heterocycles. The van der Waals surface area contributed by atoms with Crippen molar-refractivity contribution in [3.8, 4) is 16.5 Å². The van der Waals surface area contributed by atoms with Crippen LogP contribution < -0.4 is 10.2 Å². The summed E-state index contributed by atoms with van der Waals surface area (Å²) in [5, 5.41) is 53.0. The van der Waals surface area contributed by atoms with Gasteiger partial charge in [-0.25, -0.2) is 0 Å². The van der Waals surface area contributed by atoms with Gasteiger partial charge < -0.3 is 40.1 Å². The average Bonchev–Trinajstić information content (AvgIpc) is 3.47. The zero-order valence-corrected chi connectivity index (χ0v) is 22.9. The van der Waals surface area contributed by atoms with E-state index in [1.165, 1.54) is 30.2 Å². The molecule has 11 heteroatoms. The number of carbonyl (C=O) groups excluding carboxylic acids is 1. The molecular weight excluding hydrogens is 534 g/mol. The molecule has 1 fully saturated rings. The van der Waals surface area contributed by atoms with Gasteiger partial charge in [-0.15, -0.1) is 11.3 Å². The molecule has 0 radical (unpaired) electrons. The minimum Gasteiger partial charge on any atom is -0.394 e. The predicted octanol–water partition coefficient (Wildman–Crippen LogP) is 1.52. The van der Waals surface area contributed by atoms with Gasteiger partial charge in [-0.05, 0) is 52.7 Å². The van der Waals surface area contributed by atoms with Crippen molar-refractivity contribution < 1.29 is 34.7 Å². The Labute approximate surface area is 236 Å². The van der Waals surface area contributed by atoms with E-state index >= 15 is 0 Å². The maximum atomic E-state index is 12.6. The minimum absolute atomic E-state index is 0.136. The number of carbonyl (C=O) groups is 1. The number of methoxy groups -OCH3 is 1. The summed E-state index contributed by atoms with van der Waals surface area (Å²) in [5.74, 6) is -0.675. The predicted molar refractivity (Wildman–Crippen MR) is 153 cm³/mol. The van der Waals surface area contributed by atoms with Crippen LogP contribution in [0.3, 0.4) is 0 Å². The molecule has 3 aromatic rings. The molecule has 0 aliphatic carbocycles. The van der Waals surface area contributed by atoms with Crippen molar-refractivity contribution in [1.29, 1.82) is 5.26 Å². The van der Waals surface area contributed by atoms with Gasteiger partial charge in [0.1, 0.15) is 36.1 Å². The van der Waals surface area contributed by atoms with Crippen LogP contribution in [-0.2, 0) is 14.3 Å². The first-order chi connectivity index (χ1) is 19.3. The number of ether oxygens (including phenoxy) is 2. The highest BCUT2D eigenvalue weighted by molar-refractivity contribution is 7.16. The second-order valence-corrected chi connectivity index (χ2v) is 10.5. The van der Waals surface area contributed by atoms with E-state index in [-0.39, 0.29) is 12.1 Å². The highest BCUT2D eigenvalue weighted by Gasteiger charge is 2.31. The first-order valence-corrected chi connectivity index (χ1v) is 13.7. The number of fused-ring (bicyclic) bond motifs is 1. The molecule has 4 atom stereocenters. The molecule has 0 spiro atoms. The lowest BCUT2D eigenvalue weighted by Gasteiger charge is -2.29. The van der Waals surface area contributed by atoms with Crippen LogP contribution in [0.4, 0.5) is 5.69 Å². The van der Waals surface area contributed by atoms with E-state index in [1.807, 2.05) is 18.2 Å². The Bertz CT molecular complexity index is 1380. The molecule has 2 heterocycles. The van der Waals surface area contributed by atoms with Crippen LogP contribution >= 0.6 is 11.3 Å². The quantitative estimate of drug-likeness (QED) is 0.171. The summed E-state index contributed by atoms with van der Waals surface area (Å²) >= 11 is 1.45. The van der Waals surface area contributed by atoms with Crippen LogP contribution in [0.1, 0.15) is 4.88 Å². The second kappa shape index (κ2) is 13.8. The third-order valence-corrected chi connectivity index (χ3v) is 7.92. The zero-order valence-electron chi connectivity index (χ0n) is 22.1. The van der Waals surface area contributed by atoms with Gasteiger partial charge in [0.2, 0.25) is 0 Å². The van der Waals surface area contributed by atoms with E-state index in [9.17, 15) is 25.4 Å². The van der Waals surface area contributed by atoms with E-state index in [4.69, 9.17) is 14.6 Å². The van der Waals surface area contributed by atoms with Crippen molar-refractivity contribution >= 4 is 39.8 Å². The van der Waals surface area contributed by atoms with E-state index in [0.29, 0.717) is 4.88 Å². The van der Waals surface area contributed by atoms with Crippen molar-refractivity contribution in [3.05, 3.63) is 59.0 Å². The normalized spacial score (nSPS) is 17.2. The van der Waals surface area contributed by atoms with Crippen LogP contribution in [0.5, 0.6) is 0 Å². The maximum absolute atomic E-state index is 12.6. The Morgan fingerprint density at radius 1 is 1.12 bits per heavy atom. The fourth-order valence-electron chi connectivity index (χ4n) is 4.47. The summed E-state index contributed by atoms with van der Waals surface area (Å²) < 4.78 is 10.6. The van der Waals surface area contributed by atoms with Crippen molar-refractivity contribution in [2.45, 2.75) is 24.4 Å². The van der Waals surface area contributed by atoms with Crippen molar-refractivity contribution in [1.82, 2.24) is 5.32 Å². The Morgan fingerprint density at radius 2 is 1.85 bits per heavy atom. The number of hydrogen-bond acceptors (Lipinski definition) is 10. The molecule has 10 nitrogen and oxygen atoms in total. The van der Waals surface area contributed by atoms with Crippen molar-refractivity contribution in [2.24, 2.45) is 0 Å². The molecule has 2 aromatic carbocycles. The molecule has 0 saturated carbocycles. The van der Waals surface area contributed by atoms with Gasteiger partial charge in [-0.2, -0.15) is 5.26 Å². The Kier molecular flexibility index (Phi) is 10.2. The van der Waals surface area contributed by atoms with Gasteiger partial charge >= 0.3 is 0 Å². The molecule has 1 amide bonds. The number of amides is 1. The molecule has 0 bridgehead atoms. The smallest absolute Gasteiger partial charge is 0.262 e. The molecule has 4 rings (SSSR count). The topological polar surface area (TPSA) is 156 Å². The number of anilines is 1. The lowest BCUT2D eigenvalue weighted by molar-refractivity contribution is -0.127. The highest BCUT2D eigenvalue weighted by atomic mass is 32.1. The number of aliphatic hydroxyl groups is 4. The Morgan fingerprint density at radius 3 is 2.55 bits per heavy atom. The number of nitrogens with one attached hydrogen (secondary N) is 1. The molecule has 0 unspecified atom stereocenters. The lowest BCUT2D eigenvalue weighted by atomic mass is 10.0. The van der Waals surface area contributed by atoms with Crippen LogP contribution in [0.15, 0.2) is 54.1 Å². The SMILES string of the molecule is CO[C@H](CNC(=O)/C(C#N)=C/c1ccc(-c2ccc3cc(N4CCOCC4)ccc3c2)s1)[C@@H](O)[C@H](O)[C@@H](O)CO. The molecule has 1 aromatic heterocycles. The third-order valence-electron chi connectivity index (χ3n) is 6.84. The van der Waals surface area contributed by atoms with Crippen LogP contribution in [-0.4, -0.2) is 97.3 Å². The Balaban J connectivity index is 1.43. The first kappa shape index (κ1) is 29.6. The molecule has 40 heavy (non-hydrogen) atoms. The first-order valence-electron chi connectivity index (χ1n) is 12.9. The molecule has 5 N–H and O–H groups in total. The number of benzene rings is 2. The molecular formula is C29H33N3O7S. The summed E-state index contributed by atoms with van der Waals surface area (Å²) in [4.78, 5) is 16.7. The third kappa shape index (κ3) is 7.04. The number of nitriles is 1. The number of thiophene rings is 1. The summed E-state index contributed by atoms with van der Waals surface area (Å²) in [7, 11) is 1.27. The van der Waals surface area contributed by atoms with Gasteiger partial charge in [-0.3, -0.25) is 4.79 Å². The lowest BCUT2D eigenvalue weighted by Crippen LogP contribution is -2.50. The highest BCUT2D eigenvalue weighted by Crippen LogP contribution is 2.33. The summed E-state index contributed by atoms with van der Waals surface area (Å²) in [6.45, 7) is 2.25. The molecule has 1 saturated heterocycles. The van der Waals surface area contributed by atoms with Crippen LogP contribution in [0, 0.1) is 11.3 Å². The van der Waals surface area contributed by atoms with E-state index in [1.54, 1.807) is 0 Å². The minimum atomic E-state index is -1.68. The van der Waals surface area contributed by atoms with Gasteiger partial charge in [0.25, 0.3) is 5.91 Å². The Hall–Kier alpha value is -3.34. The molecule has 212 valence electrons. The van der Waals surface area contributed by atoms with Gasteiger partial charge in [0.15, 0.2) is 0 Å². The number of morpholine rings is 1. The number of nitrogens with zero attached hydrogens (tertiary/aromatic N) is 2. The van der Waals surface area contributed by atoms with E-state index in [0.717, 1.165) is 47.5 Å². The number of rotatable bonds is 11. The fourth-order valence-corrected chi connectivity index (χ4v) is 5.42. The van der Waals surface area contributed by atoms with E-state index < -0.39 is 36.9 Å². The van der Waals surface area contributed by atoms with Gasteiger partial charge in [0, 0.05) is 42.2 Å².